The second-order valence-electron chi connectivity index (χ2n) is 4.53. The number of rotatable bonds is 2. The quantitative estimate of drug-likeness (QED) is 0.589. The zero-order valence-corrected chi connectivity index (χ0v) is 11.9. The Bertz CT molecular complexity index is 687. The zero-order chi connectivity index (χ0) is 14.3. The molecule has 4 N–H and O–H groups in total. The summed E-state index contributed by atoms with van der Waals surface area (Å²) in [5.41, 5.74) is 11.4. The number of guanidine groups is 1. The van der Waals surface area contributed by atoms with E-state index in [9.17, 15) is 0 Å². The lowest BCUT2D eigenvalue weighted by molar-refractivity contribution is 0.610. The fourth-order valence-electron chi connectivity index (χ4n) is 2.42. The number of nitrogens with two attached hydrogens (primary N) is 1. The van der Waals surface area contributed by atoms with Gasteiger partial charge in [-0.3, -0.25) is 15.8 Å². The van der Waals surface area contributed by atoms with Crippen LogP contribution in [0.2, 0.25) is 10.0 Å². The molecule has 1 aliphatic rings. The monoisotopic (exact) mass is 306 g/mol. The summed E-state index contributed by atoms with van der Waals surface area (Å²) in [5.74, 6) is -0.107. The predicted molar refractivity (Wildman–Crippen MR) is 82.3 cm³/mol. The molecule has 0 fully saturated rings. The number of hydrogen-bond acceptors (Lipinski definition) is 2. The summed E-state index contributed by atoms with van der Waals surface area (Å²) in [6.07, 6.45) is 0. The summed E-state index contributed by atoms with van der Waals surface area (Å²) >= 11 is 12.0. The van der Waals surface area contributed by atoms with Crippen molar-refractivity contribution in [3.05, 3.63) is 63.6 Å². The molecule has 0 bridgehead atoms. The van der Waals surface area contributed by atoms with Gasteiger partial charge in [-0.15, -0.1) is 0 Å². The van der Waals surface area contributed by atoms with Crippen LogP contribution in [0, 0.1) is 5.41 Å². The summed E-state index contributed by atoms with van der Waals surface area (Å²) in [7, 11) is 0. The number of para-hydroxylation sites is 1. The molecule has 0 radical (unpaired) electrons. The standard InChI is InChI=1S/C14H12Cl2N4/c15-10-6-5-8(7-11(10)16)13-9-3-1-2-4-12(9)20(13)19-14(17)18/h1-7,13H,(H4,17,18,19). The van der Waals surface area contributed by atoms with Crippen molar-refractivity contribution in [3.63, 3.8) is 0 Å². The van der Waals surface area contributed by atoms with Gasteiger partial charge in [-0.25, -0.2) is 0 Å². The highest BCUT2D eigenvalue weighted by Crippen LogP contribution is 2.46. The van der Waals surface area contributed by atoms with E-state index < -0.39 is 0 Å². The Morgan fingerprint density at radius 3 is 2.60 bits per heavy atom. The topological polar surface area (TPSA) is 65.1 Å². The van der Waals surface area contributed by atoms with Gasteiger partial charge in [-0.05, 0) is 23.8 Å². The van der Waals surface area contributed by atoms with Gasteiger partial charge in [0.25, 0.3) is 0 Å². The van der Waals surface area contributed by atoms with E-state index in [1.165, 1.54) is 0 Å². The first-order valence-electron chi connectivity index (χ1n) is 6.01. The molecular weight excluding hydrogens is 295 g/mol. The smallest absolute Gasteiger partial charge is 0.205 e. The number of hydrazine groups is 1. The minimum absolute atomic E-state index is 0.0372. The molecule has 1 unspecified atom stereocenters. The average Bonchev–Trinajstić information content (AvgIpc) is 2.40. The van der Waals surface area contributed by atoms with E-state index in [4.69, 9.17) is 34.3 Å². The number of hydrogen-bond donors (Lipinski definition) is 3. The molecule has 0 aromatic heterocycles. The first-order chi connectivity index (χ1) is 9.58. The second-order valence-corrected chi connectivity index (χ2v) is 5.34. The van der Waals surface area contributed by atoms with Gasteiger partial charge in [0, 0.05) is 5.56 Å². The molecule has 102 valence electrons. The maximum Gasteiger partial charge on any atom is 0.205 e. The van der Waals surface area contributed by atoms with Crippen LogP contribution in [0.3, 0.4) is 0 Å². The molecule has 1 atom stereocenters. The van der Waals surface area contributed by atoms with Crippen molar-refractivity contribution in [2.75, 3.05) is 5.01 Å². The number of benzene rings is 2. The number of anilines is 1. The lowest BCUT2D eigenvalue weighted by atomic mass is 9.89. The Morgan fingerprint density at radius 1 is 1.15 bits per heavy atom. The van der Waals surface area contributed by atoms with Gasteiger partial charge in [0.1, 0.15) is 6.04 Å². The van der Waals surface area contributed by atoms with Gasteiger partial charge in [0.2, 0.25) is 5.96 Å². The van der Waals surface area contributed by atoms with Gasteiger partial charge in [0.15, 0.2) is 0 Å². The Balaban J connectivity index is 2.02. The van der Waals surface area contributed by atoms with Crippen molar-refractivity contribution >= 4 is 34.8 Å². The highest BCUT2D eigenvalue weighted by Gasteiger charge is 2.36. The molecule has 0 aliphatic carbocycles. The maximum atomic E-state index is 7.41. The molecule has 4 nitrogen and oxygen atoms in total. The van der Waals surface area contributed by atoms with E-state index in [2.05, 4.69) is 5.43 Å². The third-order valence-corrected chi connectivity index (χ3v) is 3.99. The third kappa shape index (κ3) is 2.07. The largest absolute Gasteiger partial charge is 0.369 e. The third-order valence-electron chi connectivity index (χ3n) is 3.25. The minimum atomic E-state index is -0.107. The Morgan fingerprint density at radius 2 is 1.90 bits per heavy atom. The van der Waals surface area contributed by atoms with Crippen LogP contribution < -0.4 is 16.2 Å². The Kier molecular flexibility index (Phi) is 3.20. The van der Waals surface area contributed by atoms with E-state index in [1.54, 1.807) is 6.07 Å². The normalized spacial score (nSPS) is 16.3. The summed E-state index contributed by atoms with van der Waals surface area (Å²) in [6.45, 7) is 0. The molecule has 3 rings (SSSR count). The predicted octanol–water partition coefficient (Wildman–Crippen LogP) is 3.30. The van der Waals surface area contributed by atoms with Gasteiger partial charge in [-0.2, -0.15) is 0 Å². The van der Waals surface area contributed by atoms with Crippen LogP contribution in [0.25, 0.3) is 0 Å². The molecule has 2 aromatic rings. The van der Waals surface area contributed by atoms with Crippen molar-refractivity contribution in [2.45, 2.75) is 6.04 Å². The second kappa shape index (κ2) is 4.89. The highest BCUT2D eigenvalue weighted by molar-refractivity contribution is 6.42. The van der Waals surface area contributed by atoms with Crippen molar-refractivity contribution in [1.82, 2.24) is 5.43 Å². The first-order valence-corrected chi connectivity index (χ1v) is 6.77. The van der Waals surface area contributed by atoms with Crippen LogP contribution in [0.4, 0.5) is 5.69 Å². The van der Waals surface area contributed by atoms with Crippen molar-refractivity contribution < 1.29 is 0 Å². The number of fused-ring (bicyclic) bond motifs is 1. The van der Waals surface area contributed by atoms with Crippen LogP contribution in [-0.2, 0) is 0 Å². The number of halogens is 2. The van der Waals surface area contributed by atoms with Gasteiger partial charge >= 0.3 is 0 Å². The molecule has 1 aliphatic heterocycles. The Hall–Kier alpha value is -1.91. The van der Waals surface area contributed by atoms with Crippen molar-refractivity contribution in [1.29, 1.82) is 5.41 Å². The SMILES string of the molecule is N=C(N)NN1c2ccccc2C1c1ccc(Cl)c(Cl)c1. The molecule has 0 saturated heterocycles. The molecule has 1 heterocycles. The molecule has 2 aromatic carbocycles. The molecule has 0 spiro atoms. The van der Waals surface area contributed by atoms with Crippen LogP contribution in [-0.4, -0.2) is 5.96 Å². The van der Waals surface area contributed by atoms with E-state index >= 15 is 0 Å². The van der Waals surface area contributed by atoms with Gasteiger partial charge in [0.05, 0.1) is 15.7 Å². The van der Waals surface area contributed by atoms with Crippen LogP contribution in [0.1, 0.15) is 17.2 Å². The van der Waals surface area contributed by atoms with Crippen molar-refractivity contribution in [2.24, 2.45) is 5.73 Å². The fourth-order valence-corrected chi connectivity index (χ4v) is 2.72. The highest BCUT2D eigenvalue weighted by atomic mass is 35.5. The first kappa shape index (κ1) is 13.1. The van der Waals surface area contributed by atoms with Crippen LogP contribution >= 0.6 is 23.2 Å². The molecule has 6 heteroatoms. The minimum Gasteiger partial charge on any atom is -0.369 e. The van der Waals surface area contributed by atoms with E-state index in [1.807, 2.05) is 41.4 Å². The summed E-state index contributed by atoms with van der Waals surface area (Å²) in [6, 6.07) is 13.4. The van der Waals surface area contributed by atoms with Gasteiger partial charge < -0.3 is 5.73 Å². The number of nitrogens with zero attached hydrogens (tertiary/aromatic N) is 1. The summed E-state index contributed by atoms with van der Waals surface area (Å²) in [5, 5.41) is 10.3. The maximum absolute atomic E-state index is 7.41. The lowest BCUT2D eigenvalue weighted by Gasteiger charge is -2.44. The molecular formula is C14H12Cl2N4. The summed E-state index contributed by atoms with van der Waals surface area (Å²) in [4.78, 5) is 0. The molecule has 0 amide bonds. The fraction of sp³-hybridized carbons (Fsp3) is 0.0714. The number of nitrogens with one attached hydrogen (secondary N) is 2. The van der Waals surface area contributed by atoms with Gasteiger partial charge in [-0.1, -0.05) is 47.5 Å². The molecule has 20 heavy (non-hydrogen) atoms. The average molecular weight is 307 g/mol. The van der Waals surface area contributed by atoms with E-state index in [-0.39, 0.29) is 12.0 Å². The van der Waals surface area contributed by atoms with E-state index in [0.29, 0.717) is 10.0 Å². The van der Waals surface area contributed by atoms with Crippen molar-refractivity contribution in [3.8, 4) is 0 Å². The lowest BCUT2D eigenvalue weighted by Crippen LogP contribution is -2.53. The summed E-state index contributed by atoms with van der Waals surface area (Å²) < 4.78 is 0. The Labute approximate surface area is 126 Å². The van der Waals surface area contributed by atoms with Crippen LogP contribution in [0.15, 0.2) is 42.5 Å². The zero-order valence-electron chi connectivity index (χ0n) is 10.4. The van der Waals surface area contributed by atoms with E-state index in [0.717, 1.165) is 16.8 Å². The molecule has 0 saturated carbocycles. The van der Waals surface area contributed by atoms with Crippen LogP contribution in [0.5, 0.6) is 0 Å².